The average Bonchev–Trinajstić information content (AvgIpc) is 3.09. The molecule has 5 nitrogen and oxygen atoms in total. The summed E-state index contributed by atoms with van der Waals surface area (Å²) in [5, 5.41) is 0.946. The lowest BCUT2D eigenvalue weighted by Gasteiger charge is -2.35. The van der Waals surface area contributed by atoms with Crippen LogP contribution >= 0.6 is 0 Å². The van der Waals surface area contributed by atoms with E-state index in [9.17, 15) is 9.18 Å². The Bertz CT molecular complexity index is 1000. The van der Waals surface area contributed by atoms with Crippen molar-refractivity contribution in [2.24, 2.45) is 5.41 Å². The third-order valence-electron chi connectivity index (χ3n) is 6.22. The minimum Gasteiger partial charge on any atom is -0.490 e. The summed E-state index contributed by atoms with van der Waals surface area (Å²) in [5.74, 6) is -0.463. The van der Waals surface area contributed by atoms with E-state index in [4.69, 9.17) is 9.47 Å². The molecule has 1 aromatic carbocycles. The van der Waals surface area contributed by atoms with Gasteiger partial charge in [-0.2, -0.15) is 0 Å². The van der Waals surface area contributed by atoms with Crippen LogP contribution in [0.4, 0.5) is 4.39 Å². The summed E-state index contributed by atoms with van der Waals surface area (Å²) in [6.45, 7) is 4.00. The highest BCUT2D eigenvalue weighted by molar-refractivity contribution is 6.08. The Labute approximate surface area is 163 Å². The number of H-pyrrole nitrogens is 1. The van der Waals surface area contributed by atoms with Gasteiger partial charge < -0.3 is 14.5 Å². The molecule has 0 unspecified atom stereocenters. The lowest BCUT2D eigenvalue weighted by atomic mass is 9.71. The molecule has 6 heteroatoms. The maximum atomic E-state index is 13.9. The van der Waals surface area contributed by atoms with Crippen molar-refractivity contribution in [2.75, 3.05) is 27.3 Å². The Morgan fingerprint density at radius 2 is 2.14 bits per heavy atom. The topological polar surface area (TPSA) is 54.3 Å². The predicted octanol–water partition coefficient (Wildman–Crippen LogP) is 3.56. The van der Waals surface area contributed by atoms with Gasteiger partial charge in [0, 0.05) is 23.7 Å². The van der Waals surface area contributed by atoms with Crippen LogP contribution in [0.25, 0.3) is 10.9 Å². The highest BCUT2D eigenvalue weighted by Crippen LogP contribution is 2.42. The Balaban J connectivity index is 1.94. The number of aromatic nitrogens is 1. The smallest absolute Gasteiger partial charge is 0.372 e. The summed E-state index contributed by atoms with van der Waals surface area (Å²) in [5.41, 5.74) is 4.00. The Morgan fingerprint density at radius 1 is 1.32 bits per heavy atom. The number of ether oxygens (including phenoxy) is 2. The quantitative estimate of drug-likeness (QED) is 0.379. The fourth-order valence-electron chi connectivity index (χ4n) is 4.83. The van der Waals surface area contributed by atoms with Crippen LogP contribution in [0.5, 0.6) is 0 Å². The van der Waals surface area contributed by atoms with E-state index in [2.05, 4.69) is 16.5 Å². The number of fused-ring (bicyclic) bond motifs is 4. The maximum absolute atomic E-state index is 13.9. The van der Waals surface area contributed by atoms with Gasteiger partial charge in [0.2, 0.25) is 11.5 Å². The molecular weight excluding hydrogens is 359 g/mol. The third kappa shape index (κ3) is 2.82. The van der Waals surface area contributed by atoms with E-state index in [0.29, 0.717) is 0 Å². The second kappa shape index (κ2) is 7.08. The summed E-state index contributed by atoms with van der Waals surface area (Å²) < 4.78 is 26.5. The van der Waals surface area contributed by atoms with Crippen molar-refractivity contribution in [1.82, 2.24) is 4.98 Å². The number of nitrogens with one attached hydrogen (secondary N) is 1. The van der Waals surface area contributed by atoms with E-state index in [1.54, 1.807) is 12.1 Å². The number of carbonyl (C=O) groups is 1. The summed E-state index contributed by atoms with van der Waals surface area (Å²) in [6.07, 6.45) is 5.59. The molecule has 1 aromatic heterocycles. The molecule has 0 saturated heterocycles. The first kappa shape index (κ1) is 18.7. The Morgan fingerprint density at radius 3 is 2.86 bits per heavy atom. The van der Waals surface area contributed by atoms with Gasteiger partial charge in [-0.3, -0.25) is 0 Å². The second-order valence-electron chi connectivity index (χ2n) is 7.57. The van der Waals surface area contributed by atoms with Crippen molar-refractivity contribution in [3.8, 4) is 0 Å². The van der Waals surface area contributed by atoms with Gasteiger partial charge in [0.05, 0.1) is 19.6 Å². The zero-order valence-electron chi connectivity index (χ0n) is 16.6. The summed E-state index contributed by atoms with van der Waals surface area (Å²) in [6, 6.07) is 4.90. The number of esters is 1. The lowest BCUT2D eigenvalue weighted by molar-refractivity contribution is -0.537. The number of benzene rings is 1. The second-order valence-corrected chi connectivity index (χ2v) is 7.57. The molecule has 0 bridgehead atoms. The number of halogens is 1. The van der Waals surface area contributed by atoms with E-state index in [1.807, 2.05) is 6.08 Å². The molecule has 0 radical (unpaired) electrons. The zero-order chi connectivity index (χ0) is 19.9. The molecule has 0 spiro atoms. The van der Waals surface area contributed by atoms with Crippen LogP contribution in [-0.2, 0) is 20.7 Å². The van der Waals surface area contributed by atoms with E-state index in [0.717, 1.165) is 60.9 Å². The molecule has 3 heterocycles. The van der Waals surface area contributed by atoms with Crippen molar-refractivity contribution in [3.05, 3.63) is 47.1 Å². The van der Waals surface area contributed by atoms with E-state index >= 15 is 0 Å². The van der Waals surface area contributed by atoms with Gasteiger partial charge in [-0.25, -0.2) is 13.8 Å². The molecule has 0 fully saturated rings. The van der Waals surface area contributed by atoms with Gasteiger partial charge in [-0.05, 0) is 42.7 Å². The number of nitrogens with zero attached hydrogens (tertiary/aromatic N) is 1. The molecule has 2 aliphatic rings. The molecule has 0 aliphatic carbocycles. The average molecular weight is 385 g/mol. The van der Waals surface area contributed by atoms with Gasteiger partial charge in [0.1, 0.15) is 24.6 Å². The van der Waals surface area contributed by atoms with Crippen LogP contribution in [0.3, 0.4) is 0 Å². The monoisotopic (exact) mass is 385 g/mol. The molecule has 148 valence electrons. The normalized spacial score (nSPS) is 22.1. The van der Waals surface area contributed by atoms with E-state index in [-0.39, 0.29) is 17.0 Å². The fraction of sp³-hybridized carbons (Fsp3) is 0.455. The highest BCUT2D eigenvalue weighted by Gasteiger charge is 2.47. The van der Waals surface area contributed by atoms with Crippen LogP contribution in [0, 0.1) is 11.2 Å². The first-order valence-corrected chi connectivity index (χ1v) is 9.81. The molecular formula is C22H26FN2O3+. The molecule has 2 aliphatic heterocycles. The fourth-order valence-corrected chi connectivity index (χ4v) is 4.83. The number of carbonyl (C=O) groups excluding carboxylic acids is 1. The molecule has 0 amide bonds. The van der Waals surface area contributed by atoms with Gasteiger partial charge >= 0.3 is 5.97 Å². The highest BCUT2D eigenvalue weighted by atomic mass is 19.1. The van der Waals surface area contributed by atoms with E-state index < -0.39 is 5.97 Å². The summed E-state index contributed by atoms with van der Waals surface area (Å²) in [4.78, 5) is 15.7. The number of methoxy groups -OCH3 is 2. The molecule has 2 aromatic rings. The first-order valence-electron chi connectivity index (χ1n) is 9.81. The predicted molar refractivity (Wildman–Crippen MR) is 105 cm³/mol. The number of hydrogen-bond donors (Lipinski definition) is 1. The SMILES string of the molecule is CC[C@@]1(C=C(OC)C(=O)OC)CCC[N+]2=C1c1[nH]c3ccc(F)cc3c1CC2. The van der Waals surface area contributed by atoms with Crippen molar-refractivity contribution in [2.45, 2.75) is 32.6 Å². The minimum atomic E-state index is -0.470. The standard InChI is InChI=1S/C22H25FN2O3/c1-4-22(13-18(27-2)21(26)28-3)9-5-10-25-11-8-15-16-12-14(23)6-7-17(16)24-19(15)20(22)25/h6-7,12-13H,4-5,8-11H2,1-3H3/p+1/t22-/m0/s1. The lowest BCUT2D eigenvalue weighted by Crippen LogP contribution is -2.46. The minimum absolute atomic E-state index is 0.223. The van der Waals surface area contributed by atoms with Crippen molar-refractivity contribution in [3.63, 3.8) is 0 Å². The number of hydrogen-bond acceptors (Lipinski definition) is 3. The summed E-state index contributed by atoms with van der Waals surface area (Å²) >= 11 is 0. The van der Waals surface area contributed by atoms with Crippen LogP contribution in [0.15, 0.2) is 30.0 Å². The third-order valence-corrected chi connectivity index (χ3v) is 6.22. The maximum Gasteiger partial charge on any atom is 0.372 e. The van der Waals surface area contributed by atoms with E-state index in [1.165, 1.54) is 26.0 Å². The Hall–Kier alpha value is -2.63. The van der Waals surface area contributed by atoms with Gasteiger partial charge in [0.15, 0.2) is 0 Å². The first-order chi connectivity index (χ1) is 13.5. The summed E-state index contributed by atoms with van der Waals surface area (Å²) in [7, 11) is 2.86. The molecule has 28 heavy (non-hydrogen) atoms. The molecule has 0 saturated carbocycles. The number of rotatable bonds is 4. The van der Waals surface area contributed by atoms with Gasteiger partial charge in [-0.15, -0.1) is 0 Å². The van der Waals surface area contributed by atoms with Crippen LogP contribution in [0.1, 0.15) is 37.4 Å². The van der Waals surface area contributed by atoms with Gasteiger partial charge in [0.25, 0.3) is 0 Å². The van der Waals surface area contributed by atoms with Crippen LogP contribution in [-0.4, -0.2) is 48.5 Å². The molecule has 1 N–H and O–H groups in total. The largest absolute Gasteiger partial charge is 0.490 e. The van der Waals surface area contributed by atoms with Crippen molar-refractivity contribution in [1.29, 1.82) is 0 Å². The molecule has 1 atom stereocenters. The number of allylic oxidation sites excluding steroid dienone is 1. The zero-order valence-corrected chi connectivity index (χ0v) is 16.6. The van der Waals surface area contributed by atoms with Crippen LogP contribution in [0.2, 0.25) is 0 Å². The number of aromatic amines is 1. The van der Waals surface area contributed by atoms with Crippen molar-refractivity contribution < 1.29 is 23.2 Å². The Kier molecular flexibility index (Phi) is 4.73. The van der Waals surface area contributed by atoms with Crippen LogP contribution < -0.4 is 0 Å². The van der Waals surface area contributed by atoms with Gasteiger partial charge in [-0.1, -0.05) is 6.92 Å². The molecule has 4 rings (SSSR count). The van der Waals surface area contributed by atoms with Crippen molar-refractivity contribution >= 4 is 22.6 Å².